The molecule has 1 N–H and O–H groups in total. The van der Waals surface area contributed by atoms with E-state index in [-0.39, 0.29) is 29.8 Å². The molecule has 0 atom stereocenters. The number of halogens is 1. The number of carbonyl (C=O) groups is 1. The zero-order chi connectivity index (χ0) is 22.6. The van der Waals surface area contributed by atoms with E-state index in [0.29, 0.717) is 18.0 Å². The third-order valence-electron chi connectivity index (χ3n) is 5.12. The number of rotatable bonds is 7. The minimum Gasteiger partial charge on any atom is -0.300 e. The Hall–Kier alpha value is -2.34. The molecule has 32 heavy (non-hydrogen) atoms. The van der Waals surface area contributed by atoms with Crippen LogP contribution >= 0.6 is 23.1 Å². The number of anilines is 1. The number of sulfonamides is 1. The van der Waals surface area contributed by atoms with Crippen LogP contribution in [0.3, 0.4) is 0 Å². The van der Waals surface area contributed by atoms with Gasteiger partial charge in [-0.15, -0.1) is 10.2 Å². The van der Waals surface area contributed by atoms with Crippen LogP contribution in [0, 0.1) is 11.7 Å². The Morgan fingerprint density at radius 1 is 1.09 bits per heavy atom. The SMILES string of the molecule is O=C(Nc1nnc(SCc2ccccc2)s1)C1CCN(S(=O)(=O)c2ccccc2F)CC1. The lowest BCUT2D eigenvalue weighted by molar-refractivity contribution is -0.120. The maximum Gasteiger partial charge on any atom is 0.245 e. The van der Waals surface area contributed by atoms with Crippen molar-refractivity contribution in [3.63, 3.8) is 0 Å². The van der Waals surface area contributed by atoms with Gasteiger partial charge in [0.1, 0.15) is 10.7 Å². The summed E-state index contributed by atoms with van der Waals surface area (Å²) in [5, 5.41) is 11.4. The van der Waals surface area contributed by atoms with Crippen molar-refractivity contribution in [2.75, 3.05) is 18.4 Å². The standard InChI is InChI=1S/C21H21FN4O3S3/c22-17-8-4-5-9-18(17)32(28,29)26-12-10-16(11-13-26)19(27)23-20-24-25-21(31-20)30-14-15-6-2-1-3-7-15/h1-9,16H,10-14H2,(H,23,24,27). The molecule has 0 unspecified atom stereocenters. The molecule has 1 aliphatic rings. The Kier molecular flexibility index (Phi) is 7.19. The molecule has 0 aliphatic carbocycles. The van der Waals surface area contributed by atoms with Crippen LogP contribution in [0.15, 0.2) is 63.8 Å². The molecule has 0 spiro atoms. The summed E-state index contributed by atoms with van der Waals surface area (Å²) in [6.45, 7) is 0.312. The molecule has 0 bridgehead atoms. The van der Waals surface area contributed by atoms with E-state index in [1.165, 1.54) is 39.4 Å². The molecule has 1 fully saturated rings. The number of amides is 1. The largest absolute Gasteiger partial charge is 0.300 e. The number of benzene rings is 2. The van der Waals surface area contributed by atoms with Gasteiger partial charge in [0.05, 0.1) is 0 Å². The van der Waals surface area contributed by atoms with E-state index in [2.05, 4.69) is 15.5 Å². The first kappa shape index (κ1) is 22.8. The van der Waals surface area contributed by atoms with E-state index >= 15 is 0 Å². The number of nitrogens with zero attached hydrogens (tertiary/aromatic N) is 3. The lowest BCUT2D eigenvalue weighted by Crippen LogP contribution is -2.41. The Morgan fingerprint density at radius 3 is 2.50 bits per heavy atom. The number of hydrogen-bond donors (Lipinski definition) is 1. The van der Waals surface area contributed by atoms with Gasteiger partial charge in [-0.2, -0.15) is 4.31 Å². The van der Waals surface area contributed by atoms with Crippen molar-refractivity contribution >= 4 is 44.2 Å². The van der Waals surface area contributed by atoms with Gasteiger partial charge in [-0.3, -0.25) is 4.79 Å². The molecule has 2 heterocycles. The minimum atomic E-state index is -3.92. The summed E-state index contributed by atoms with van der Waals surface area (Å²) >= 11 is 2.86. The van der Waals surface area contributed by atoms with Crippen LogP contribution in [0.2, 0.25) is 0 Å². The highest BCUT2D eigenvalue weighted by Crippen LogP contribution is 2.30. The highest BCUT2D eigenvalue weighted by atomic mass is 32.2. The van der Waals surface area contributed by atoms with E-state index in [1.54, 1.807) is 11.8 Å². The second kappa shape index (κ2) is 10.1. The Balaban J connectivity index is 1.30. The van der Waals surface area contributed by atoms with Crippen LogP contribution in [-0.4, -0.2) is 41.9 Å². The summed E-state index contributed by atoms with van der Waals surface area (Å²) in [6, 6.07) is 15.3. The molecule has 1 saturated heterocycles. The fourth-order valence-electron chi connectivity index (χ4n) is 3.40. The fraction of sp³-hybridized carbons (Fsp3) is 0.286. The predicted octanol–water partition coefficient (Wildman–Crippen LogP) is 4.01. The molecular formula is C21H21FN4O3S3. The fourth-order valence-corrected chi connectivity index (χ4v) is 6.64. The average Bonchev–Trinajstić information content (AvgIpc) is 3.26. The van der Waals surface area contributed by atoms with Crippen molar-refractivity contribution in [3.8, 4) is 0 Å². The second-order valence-electron chi connectivity index (χ2n) is 7.25. The van der Waals surface area contributed by atoms with Crippen LogP contribution < -0.4 is 5.32 Å². The lowest BCUT2D eigenvalue weighted by atomic mass is 9.97. The number of thioether (sulfide) groups is 1. The minimum absolute atomic E-state index is 0.156. The summed E-state index contributed by atoms with van der Waals surface area (Å²) < 4.78 is 41.4. The zero-order valence-electron chi connectivity index (χ0n) is 17.0. The second-order valence-corrected chi connectivity index (χ2v) is 11.4. The van der Waals surface area contributed by atoms with Gasteiger partial charge >= 0.3 is 0 Å². The number of piperidine rings is 1. The quantitative estimate of drug-likeness (QED) is 0.396. The topological polar surface area (TPSA) is 92.3 Å². The van der Waals surface area contributed by atoms with Crippen molar-refractivity contribution in [1.82, 2.24) is 14.5 Å². The number of hydrogen-bond acceptors (Lipinski definition) is 7. The monoisotopic (exact) mass is 492 g/mol. The Labute approximate surface area is 194 Å². The van der Waals surface area contributed by atoms with Gasteiger partial charge in [-0.05, 0) is 30.5 Å². The Bertz CT molecular complexity index is 1180. The zero-order valence-corrected chi connectivity index (χ0v) is 19.4. The van der Waals surface area contributed by atoms with Gasteiger partial charge in [0.25, 0.3) is 0 Å². The van der Waals surface area contributed by atoms with Crippen molar-refractivity contribution in [3.05, 3.63) is 66.0 Å². The number of aromatic nitrogens is 2. The van der Waals surface area contributed by atoms with Crippen molar-refractivity contribution in [2.45, 2.75) is 27.8 Å². The molecule has 4 rings (SSSR count). The molecule has 1 aliphatic heterocycles. The first-order valence-corrected chi connectivity index (χ1v) is 13.2. The summed E-state index contributed by atoms with van der Waals surface area (Å²) in [7, 11) is -3.92. The van der Waals surface area contributed by atoms with Gasteiger partial charge < -0.3 is 5.32 Å². The third-order valence-corrected chi connectivity index (χ3v) is 9.10. The van der Waals surface area contributed by atoms with E-state index in [1.807, 2.05) is 30.3 Å². The average molecular weight is 493 g/mol. The van der Waals surface area contributed by atoms with Crippen molar-refractivity contribution in [1.29, 1.82) is 0 Å². The van der Waals surface area contributed by atoms with Crippen LogP contribution in [-0.2, 0) is 20.6 Å². The molecule has 0 radical (unpaired) electrons. The summed E-state index contributed by atoms with van der Waals surface area (Å²) in [5.74, 6) is -0.557. The van der Waals surface area contributed by atoms with Crippen LogP contribution in [0.25, 0.3) is 0 Å². The van der Waals surface area contributed by atoms with Crippen molar-refractivity contribution in [2.24, 2.45) is 5.92 Å². The normalized spacial score (nSPS) is 15.5. The van der Waals surface area contributed by atoms with Crippen molar-refractivity contribution < 1.29 is 17.6 Å². The maximum atomic E-state index is 14.0. The summed E-state index contributed by atoms with van der Waals surface area (Å²) in [4.78, 5) is 12.3. The smallest absolute Gasteiger partial charge is 0.245 e. The molecule has 0 saturated carbocycles. The predicted molar refractivity (Wildman–Crippen MR) is 122 cm³/mol. The number of carbonyl (C=O) groups excluding carboxylic acids is 1. The van der Waals surface area contributed by atoms with Crippen LogP contribution in [0.5, 0.6) is 0 Å². The Morgan fingerprint density at radius 2 is 1.78 bits per heavy atom. The maximum absolute atomic E-state index is 14.0. The van der Waals surface area contributed by atoms with Crippen LogP contribution in [0.4, 0.5) is 9.52 Å². The summed E-state index contributed by atoms with van der Waals surface area (Å²) in [6.07, 6.45) is 0.710. The first-order chi connectivity index (χ1) is 15.4. The molecule has 3 aromatic rings. The highest BCUT2D eigenvalue weighted by Gasteiger charge is 2.33. The lowest BCUT2D eigenvalue weighted by Gasteiger charge is -2.30. The number of nitrogens with one attached hydrogen (secondary N) is 1. The van der Waals surface area contributed by atoms with Gasteiger partial charge in [0, 0.05) is 24.8 Å². The summed E-state index contributed by atoms with van der Waals surface area (Å²) in [5.41, 5.74) is 1.18. The van der Waals surface area contributed by atoms with Gasteiger partial charge in [0.2, 0.25) is 21.1 Å². The first-order valence-electron chi connectivity index (χ1n) is 9.99. The van der Waals surface area contributed by atoms with E-state index in [4.69, 9.17) is 0 Å². The molecular weight excluding hydrogens is 471 g/mol. The molecule has 1 amide bonds. The van der Waals surface area contributed by atoms with Crippen LogP contribution in [0.1, 0.15) is 18.4 Å². The van der Waals surface area contributed by atoms with Gasteiger partial charge in [-0.1, -0.05) is 65.6 Å². The van der Waals surface area contributed by atoms with E-state index < -0.39 is 15.8 Å². The third kappa shape index (κ3) is 5.34. The molecule has 168 valence electrons. The molecule has 7 nitrogen and oxygen atoms in total. The van der Waals surface area contributed by atoms with Gasteiger partial charge in [-0.25, -0.2) is 12.8 Å². The van der Waals surface area contributed by atoms with E-state index in [0.717, 1.165) is 16.2 Å². The van der Waals surface area contributed by atoms with E-state index in [9.17, 15) is 17.6 Å². The van der Waals surface area contributed by atoms with Gasteiger partial charge in [0.15, 0.2) is 4.34 Å². The molecule has 11 heteroatoms. The molecule has 2 aromatic carbocycles. The molecule has 1 aromatic heterocycles. The highest BCUT2D eigenvalue weighted by molar-refractivity contribution is 8.00.